The predicted octanol–water partition coefficient (Wildman–Crippen LogP) is 8.82. The van der Waals surface area contributed by atoms with Crippen molar-refractivity contribution in [1.82, 2.24) is 0 Å². The number of rotatable bonds is 5. The zero-order valence-electron chi connectivity index (χ0n) is 32.6. The van der Waals surface area contributed by atoms with Crippen LogP contribution < -0.4 is 43.6 Å². The monoisotopic (exact) mass is 773 g/mol. The van der Waals surface area contributed by atoms with Gasteiger partial charge in [-0.1, -0.05) is 13.8 Å². The third-order valence-corrected chi connectivity index (χ3v) is 22.9. The topological polar surface area (TPSA) is 12.5 Å². The average molecular weight is 772 g/mol. The fourth-order valence-electron chi connectivity index (χ4n) is 10.1. The van der Waals surface area contributed by atoms with Crippen LogP contribution in [0.5, 0.6) is 11.5 Å². The number of nitrogens with zero attached hydrogens (tertiary/aromatic N) is 1. The summed E-state index contributed by atoms with van der Waals surface area (Å²) in [7, 11) is 0. The molecule has 3 heterocycles. The van der Waals surface area contributed by atoms with E-state index < -0.39 is 13.3 Å². The molecular formula is C51H46BGeNO. The van der Waals surface area contributed by atoms with Crippen molar-refractivity contribution in [1.29, 1.82) is 0 Å². The van der Waals surface area contributed by atoms with E-state index in [1.165, 1.54) is 73.2 Å². The molecule has 0 amide bonds. The van der Waals surface area contributed by atoms with Crippen LogP contribution in [0.2, 0.25) is 0 Å². The van der Waals surface area contributed by atoms with Crippen LogP contribution in [0.1, 0.15) is 76.0 Å². The molecule has 0 atom stereocenters. The minimum absolute atomic E-state index is 0.0655. The number of para-hydroxylation sites is 3. The summed E-state index contributed by atoms with van der Waals surface area (Å²) >= 11 is -3.40. The number of hydrogen-bond donors (Lipinski definition) is 0. The molecule has 0 saturated carbocycles. The predicted molar refractivity (Wildman–Crippen MR) is 237 cm³/mol. The molecule has 0 N–H and O–H groups in total. The van der Waals surface area contributed by atoms with Gasteiger partial charge in [0, 0.05) is 0 Å². The third kappa shape index (κ3) is 4.95. The van der Waals surface area contributed by atoms with E-state index in [1.54, 1.807) is 0 Å². The maximum absolute atomic E-state index is 6.97. The Kier molecular flexibility index (Phi) is 8.05. The molecule has 0 fully saturated rings. The van der Waals surface area contributed by atoms with Gasteiger partial charge in [-0.2, -0.15) is 0 Å². The summed E-state index contributed by atoms with van der Waals surface area (Å²) in [5.41, 5.74) is 14.7. The maximum atomic E-state index is 6.97. The minimum atomic E-state index is -3.40. The van der Waals surface area contributed by atoms with E-state index in [2.05, 4.69) is 198 Å². The Morgan fingerprint density at radius 3 is 1.53 bits per heavy atom. The summed E-state index contributed by atoms with van der Waals surface area (Å²) in [6.45, 7) is 14.1. The van der Waals surface area contributed by atoms with Gasteiger partial charge in [0.25, 0.3) is 0 Å². The second kappa shape index (κ2) is 12.9. The summed E-state index contributed by atoms with van der Waals surface area (Å²) < 4.78 is 13.0. The van der Waals surface area contributed by atoms with Crippen LogP contribution in [-0.2, 0) is 0 Å². The van der Waals surface area contributed by atoms with Crippen LogP contribution in [0.4, 0.5) is 17.1 Å². The van der Waals surface area contributed by atoms with Crippen molar-refractivity contribution in [2.45, 2.75) is 59.3 Å². The standard InChI is InChI=1S/C51H46BGeNO/c1-32(2)35-29-39(33(3)4)51(40(30-35)34(5)6)52-41-19-9-16-26-49(41)55-50-31-36(27-28-42(50)52)54-47-24-14-12-22-45(47)53(46-23-13-15-25-48(46)54)43-20-10-7-17-37(43)38-18-8-11-21-44(38)53/h7-34H,1-6H3. The van der Waals surface area contributed by atoms with Crippen LogP contribution in [0, 0.1) is 0 Å². The molecule has 7 aromatic carbocycles. The molecule has 4 heteroatoms. The Hall–Kier alpha value is -5.25. The van der Waals surface area contributed by atoms with Gasteiger partial charge in [-0.05, 0) is 5.92 Å². The number of hydrogen-bond acceptors (Lipinski definition) is 2. The molecule has 0 aliphatic carbocycles. The summed E-state index contributed by atoms with van der Waals surface area (Å²) in [5.74, 6) is 3.11. The van der Waals surface area contributed by atoms with Gasteiger partial charge in [0.1, 0.15) is 0 Å². The molecule has 3 aliphatic rings. The molecule has 0 saturated heterocycles. The van der Waals surface area contributed by atoms with Gasteiger partial charge in [-0.25, -0.2) is 0 Å². The van der Waals surface area contributed by atoms with E-state index in [0.29, 0.717) is 17.8 Å². The van der Waals surface area contributed by atoms with E-state index in [4.69, 9.17) is 4.74 Å². The van der Waals surface area contributed by atoms with Crippen molar-refractivity contribution in [3.8, 4) is 22.6 Å². The van der Waals surface area contributed by atoms with Gasteiger partial charge < -0.3 is 0 Å². The van der Waals surface area contributed by atoms with Crippen LogP contribution in [-0.4, -0.2) is 20.0 Å². The molecular weight excluding hydrogens is 726 g/mol. The molecule has 0 radical (unpaired) electrons. The molecule has 7 aromatic rings. The second-order valence-electron chi connectivity index (χ2n) is 16.6. The summed E-state index contributed by atoms with van der Waals surface area (Å²) in [5, 5.41) is 0. The molecule has 10 rings (SSSR count). The first-order valence-electron chi connectivity index (χ1n) is 20.1. The summed E-state index contributed by atoms with van der Waals surface area (Å²) in [6, 6.07) is 57.7. The van der Waals surface area contributed by atoms with Crippen molar-refractivity contribution in [2.24, 2.45) is 0 Å². The van der Waals surface area contributed by atoms with E-state index in [9.17, 15) is 0 Å². The first-order chi connectivity index (χ1) is 26.8. The SMILES string of the molecule is CC(C)c1cc(C(C)C)c(B2c3ccccc3Oc3cc(N4c5cccc[c]5[Ge]5([c]6ccccc6-c6cccc[c]65)[c]5ccccc54)ccc32)c(C(C)C)c1. The van der Waals surface area contributed by atoms with Gasteiger partial charge in [0.05, 0.1) is 0 Å². The van der Waals surface area contributed by atoms with Gasteiger partial charge in [0.2, 0.25) is 0 Å². The second-order valence-corrected chi connectivity index (χ2v) is 24.3. The van der Waals surface area contributed by atoms with Crippen molar-refractivity contribution in [2.75, 3.05) is 4.90 Å². The van der Waals surface area contributed by atoms with Gasteiger partial charge in [-0.3, -0.25) is 0 Å². The molecule has 0 aromatic heterocycles. The molecule has 2 nitrogen and oxygen atoms in total. The first-order valence-corrected chi connectivity index (χ1v) is 24.3. The zero-order valence-corrected chi connectivity index (χ0v) is 34.7. The van der Waals surface area contributed by atoms with Gasteiger partial charge in [-0.15, -0.1) is 0 Å². The summed E-state index contributed by atoms with van der Waals surface area (Å²) in [4.78, 5) is 2.51. The summed E-state index contributed by atoms with van der Waals surface area (Å²) in [6.07, 6.45) is 0. The Balaban J connectivity index is 1.20. The molecule has 0 bridgehead atoms. The Morgan fingerprint density at radius 2 is 0.964 bits per heavy atom. The van der Waals surface area contributed by atoms with Crippen molar-refractivity contribution in [3.63, 3.8) is 0 Å². The molecule has 268 valence electrons. The van der Waals surface area contributed by atoms with Crippen LogP contribution in [0.25, 0.3) is 11.1 Å². The fraction of sp³-hybridized carbons (Fsp3) is 0.176. The average Bonchev–Trinajstić information content (AvgIpc) is 3.50. The third-order valence-electron chi connectivity index (χ3n) is 12.5. The fourth-order valence-corrected chi connectivity index (χ4v) is 21.7. The van der Waals surface area contributed by atoms with Gasteiger partial charge >= 0.3 is 311 Å². The van der Waals surface area contributed by atoms with Crippen molar-refractivity contribution < 1.29 is 4.74 Å². The van der Waals surface area contributed by atoms with Crippen LogP contribution in [0.15, 0.2) is 152 Å². The Labute approximate surface area is 329 Å². The van der Waals surface area contributed by atoms with Crippen molar-refractivity contribution >= 4 is 71.0 Å². The van der Waals surface area contributed by atoms with E-state index in [0.717, 1.165) is 17.2 Å². The number of benzene rings is 7. The quantitative estimate of drug-likeness (QED) is 0.162. The van der Waals surface area contributed by atoms with Crippen LogP contribution in [0.3, 0.4) is 0 Å². The van der Waals surface area contributed by atoms with E-state index in [-0.39, 0.29) is 6.71 Å². The molecule has 1 spiro atoms. The molecule has 55 heavy (non-hydrogen) atoms. The van der Waals surface area contributed by atoms with E-state index in [1.807, 2.05) is 0 Å². The van der Waals surface area contributed by atoms with Crippen LogP contribution >= 0.6 is 0 Å². The van der Waals surface area contributed by atoms with Gasteiger partial charge in [0.15, 0.2) is 0 Å². The number of ether oxygens (including phenoxy) is 1. The number of fused-ring (bicyclic) bond motifs is 11. The Morgan fingerprint density at radius 1 is 0.473 bits per heavy atom. The Bertz CT molecular complexity index is 2530. The van der Waals surface area contributed by atoms with E-state index >= 15 is 0 Å². The zero-order chi connectivity index (χ0) is 37.6. The normalized spacial score (nSPS) is 14.3. The molecule has 3 aliphatic heterocycles. The number of anilines is 3. The van der Waals surface area contributed by atoms with Crippen molar-refractivity contribution in [3.05, 3.63) is 168 Å². The molecule has 0 unspecified atom stereocenters. The first kappa shape index (κ1) is 34.3.